The van der Waals surface area contributed by atoms with Crippen LogP contribution in [0.5, 0.6) is 0 Å². The van der Waals surface area contributed by atoms with Gasteiger partial charge in [0.1, 0.15) is 5.69 Å². The zero-order valence-corrected chi connectivity index (χ0v) is 8.65. The summed E-state index contributed by atoms with van der Waals surface area (Å²) >= 11 is 0. The van der Waals surface area contributed by atoms with E-state index in [-0.39, 0.29) is 5.56 Å². The molecule has 0 N–H and O–H groups in total. The van der Waals surface area contributed by atoms with Crippen molar-refractivity contribution in [3.05, 3.63) is 28.6 Å². The van der Waals surface area contributed by atoms with Crippen molar-refractivity contribution in [3.63, 3.8) is 0 Å². The van der Waals surface area contributed by atoms with Crippen LogP contribution in [-0.4, -0.2) is 4.98 Å². The normalized spacial score (nSPS) is 11.6. The zero-order chi connectivity index (χ0) is 13.2. The molecule has 0 radical (unpaired) electrons. The number of aromatic nitrogens is 1. The Morgan fingerprint density at radius 1 is 1.41 bits per heavy atom. The van der Waals surface area contributed by atoms with Crippen LogP contribution in [0.15, 0.2) is 6.07 Å². The molecule has 0 amide bonds. The van der Waals surface area contributed by atoms with Gasteiger partial charge in [-0.3, -0.25) is 0 Å². The molecule has 0 aliphatic heterocycles. The van der Waals surface area contributed by atoms with E-state index in [0.29, 0.717) is 6.07 Å². The lowest BCUT2D eigenvalue weighted by Crippen LogP contribution is -2.12. The van der Waals surface area contributed by atoms with Crippen LogP contribution in [0.4, 0.5) is 22.0 Å². The third kappa shape index (κ3) is 2.90. The van der Waals surface area contributed by atoms with Gasteiger partial charge in [-0.2, -0.15) is 18.4 Å². The van der Waals surface area contributed by atoms with E-state index in [1.165, 1.54) is 0 Å². The van der Waals surface area contributed by atoms with Gasteiger partial charge in [0.15, 0.2) is 0 Å². The molecule has 2 nitrogen and oxygen atoms in total. The van der Waals surface area contributed by atoms with Gasteiger partial charge in [0.25, 0.3) is 6.43 Å². The fourth-order valence-corrected chi connectivity index (χ4v) is 1.42. The summed E-state index contributed by atoms with van der Waals surface area (Å²) in [6.45, 7) is 1.07. The maximum Gasteiger partial charge on any atom is 0.433 e. The van der Waals surface area contributed by atoms with E-state index in [2.05, 4.69) is 4.98 Å². The van der Waals surface area contributed by atoms with E-state index < -0.39 is 36.0 Å². The summed E-state index contributed by atoms with van der Waals surface area (Å²) < 4.78 is 62.4. The number of aryl methyl sites for hydroxylation is 1. The zero-order valence-electron chi connectivity index (χ0n) is 8.65. The van der Waals surface area contributed by atoms with Crippen molar-refractivity contribution in [2.24, 2.45) is 0 Å². The van der Waals surface area contributed by atoms with Crippen LogP contribution in [0.2, 0.25) is 0 Å². The first-order valence-electron chi connectivity index (χ1n) is 4.50. The summed E-state index contributed by atoms with van der Waals surface area (Å²) in [6.07, 6.45) is -8.17. The second kappa shape index (κ2) is 4.65. The first-order chi connectivity index (χ1) is 7.77. The van der Waals surface area contributed by atoms with E-state index in [1.54, 1.807) is 6.07 Å². The SMILES string of the molecule is Cc1nc(C(F)(F)F)cc(CC#N)c1C(F)F. The lowest BCUT2D eigenvalue weighted by molar-refractivity contribution is -0.141. The highest BCUT2D eigenvalue weighted by Gasteiger charge is 2.34. The number of hydrogen-bond acceptors (Lipinski definition) is 2. The fraction of sp³-hybridized carbons (Fsp3) is 0.400. The van der Waals surface area contributed by atoms with Crippen molar-refractivity contribution in [2.45, 2.75) is 25.9 Å². The van der Waals surface area contributed by atoms with Crippen LogP contribution in [0.25, 0.3) is 0 Å². The summed E-state index contributed by atoms with van der Waals surface area (Å²) in [7, 11) is 0. The van der Waals surface area contributed by atoms with Gasteiger partial charge in [-0.15, -0.1) is 0 Å². The molecule has 1 rings (SSSR count). The van der Waals surface area contributed by atoms with Crippen molar-refractivity contribution in [3.8, 4) is 6.07 Å². The molecule has 7 heteroatoms. The Morgan fingerprint density at radius 3 is 2.41 bits per heavy atom. The van der Waals surface area contributed by atoms with E-state index in [1.807, 2.05) is 0 Å². The molecular formula is C10H7F5N2. The first kappa shape index (κ1) is 13.4. The van der Waals surface area contributed by atoms with Crippen molar-refractivity contribution >= 4 is 0 Å². The molecule has 0 saturated heterocycles. The minimum absolute atomic E-state index is 0.331. The highest BCUT2D eigenvalue weighted by molar-refractivity contribution is 5.35. The standard InChI is InChI=1S/C10H7F5N2/c1-5-8(9(11)12)6(2-3-16)4-7(17-5)10(13,14)15/h4,9H,2H2,1H3. The molecule has 0 bridgehead atoms. The molecule has 1 aromatic heterocycles. The van der Waals surface area contributed by atoms with Gasteiger partial charge in [-0.25, -0.2) is 13.8 Å². The van der Waals surface area contributed by atoms with Crippen LogP contribution < -0.4 is 0 Å². The molecule has 0 aromatic carbocycles. The summed E-state index contributed by atoms with van der Waals surface area (Å²) in [5, 5.41) is 8.41. The molecule has 0 aliphatic rings. The van der Waals surface area contributed by atoms with E-state index in [4.69, 9.17) is 5.26 Å². The van der Waals surface area contributed by atoms with Crippen LogP contribution >= 0.6 is 0 Å². The Bertz CT molecular complexity index is 459. The largest absolute Gasteiger partial charge is 0.433 e. The molecule has 0 fully saturated rings. The third-order valence-corrected chi connectivity index (χ3v) is 2.11. The smallest absolute Gasteiger partial charge is 0.248 e. The molecule has 0 atom stereocenters. The average Bonchev–Trinajstić information content (AvgIpc) is 2.15. The molecule has 0 unspecified atom stereocenters. The Balaban J connectivity index is 3.42. The van der Waals surface area contributed by atoms with Gasteiger partial charge >= 0.3 is 6.18 Å². The van der Waals surface area contributed by atoms with Crippen molar-refractivity contribution in [1.29, 1.82) is 5.26 Å². The minimum atomic E-state index is -4.71. The topological polar surface area (TPSA) is 36.7 Å². The van der Waals surface area contributed by atoms with Crippen molar-refractivity contribution in [1.82, 2.24) is 4.98 Å². The van der Waals surface area contributed by atoms with Crippen molar-refractivity contribution < 1.29 is 22.0 Å². The van der Waals surface area contributed by atoms with Gasteiger partial charge in [-0.1, -0.05) is 0 Å². The summed E-state index contributed by atoms with van der Waals surface area (Å²) in [5.74, 6) is 0. The number of nitriles is 1. The van der Waals surface area contributed by atoms with Crippen LogP contribution in [0, 0.1) is 18.3 Å². The summed E-state index contributed by atoms with van der Waals surface area (Å²) in [5.41, 5.74) is -2.59. The molecule has 0 saturated carbocycles. The minimum Gasteiger partial charge on any atom is -0.248 e. The van der Waals surface area contributed by atoms with Gasteiger partial charge in [0, 0.05) is 11.3 Å². The molecular weight excluding hydrogens is 243 g/mol. The Morgan fingerprint density at radius 2 is 2.00 bits per heavy atom. The Kier molecular flexibility index (Phi) is 3.66. The van der Waals surface area contributed by atoms with Crippen molar-refractivity contribution in [2.75, 3.05) is 0 Å². The predicted molar refractivity (Wildman–Crippen MR) is 48.3 cm³/mol. The molecule has 17 heavy (non-hydrogen) atoms. The van der Waals surface area contributed by atoms with Gasteiger partial charge in [0.2, 0.25) is 0 Å². The van der Waals surface area contributed by atoms with E-state index in [0.717, 1.165) is 6.92 Å². The lowest BCUT2D eigenvalue weighted by atomic mass is 10.0. The fourth-order valence-electron chi connectivity index (χ4n) is 1.42. The molecule has 0 spiro atoms. The van der Waals surface area contributed by atoms with Gasteiger partial charge in [-0.05, 0) is 18.6 Å². The maximum absolute atomic E-state index is 12.6. The average molecular weight is 250 g/mol. The molecule has 1 heterocycles. The Labute approximate surface area is 93.7 Å². The quantitative estimate of drug-likeness (QED) is 0.754. The lowest BCUT2D eigenvalue weighted by Gasteiger charge is -2.13. The third-order valence-electron chi connectivity index (χ3n) is 2.11. The predicted octanol–water partition coefficient (Wildman–Crippen LogP) is 3.41. The van der Waals surface area contributed by atoms with E-state index in [9.17, 15) is 22.0 Å². The maximum atomic E-state index is 12.6. The van der Waals surface area contributed by atoms with Gasteiger partial charge in [0.05, 0.1) is 12.5 Å². The number of alkyl halides is 5. The second-order valence-electron chi connectivity index (χ2n) is 3.30. The Hall–Kier alpha value is -1.71. The number of nitrogens with zero attached hydrogens (tertiary/aromatic N) is 2. The number of halogens is 5. The monoisotopic (exact) mass is 250 g/mol. The first-order valence-corrected chi connectivity index (χ1v) is 4.50. The van der Waals surface area contributed by atoms with Gasteiger partial charge < -0.3 is 0 Å². The van der Waals surface area contributed by atoms with Crippen LogP contribution in [-0.2, 0) is 12.6 Å². The number of pyridine rings is 1. The summed E-state index contributed by atoms with van der Waals surface area (Å²) in [6, 6.07) is 2.05. The van der Waals surface area contributed by atoms with E-state index >= 15 is 0 Å². The molecule has 92 valence electrons. The summed E-state index contributed by atoms with van der Waals surface area (Å²) in [4.78, 5) is 3.09. The molecule has 1 aromatic rings. The number of rotatable bonds is 2. The molecule has 0 aliphatic carbocycles. The van der Waals surface area contributed by atoms with Crippen LogP contribution in [0.1, 0.15) is 28.9 Å². The highest BCUT2D eigenvalue weighted by atomic mass is 19.4. The second-order valence-corrected chi connectivity index (χ2v) is 3.30. The number of hydrogen-bond donors (Lipinski definition) is 0. The van der Waals surface area contributed by atoms with Crippen LogP contribution in [0.3, 0.4) is 0 Å². The highest BCUT2D eigenvalue weighted by Crippen LogP contribution is 2.33.